The highest BCUT2D eigenvalue weighted by atomic mass is 32.2. The lowest BCUT2D eigenvalue weighted by atomic mass is 10.2. The zero-order valence-electron chi connectivity index (χ0n) is 13.2. The molecule has 0 fully saturated rings. The zero-order valence-corrected chi connectivity index (χ0v) is 14.8. The Morgan fingerprint density at radius 1 is 1.35 bits per heavy atom. The third-order valence-corrected chi connectivity index (χ3v) is 5.34. The van der Waals surface area contributed by atoms with Gasteiger partial charge in [-0.15, -0.1) is 11.8 Å². The number of hydrogen-bond donors (Lipinski definition) is 1. The van der Waals surface area contributed by atoms with Gasteiger partial charge in [-0.3, -0.25) is 4.79 Å². The number of carbonyl (C=O) groups excluding carboxylic acids is 1. The van der Waals surface area contributed by atoms with E-state index in [1.165, 1.54) is 16.9 Å². The number of benzene rings is 1. The molecule has 7 heteroatoms. The van der Waals surface area contributed by atoms with Gasteiger partial charge in [0.05, 0.1) is 21.7 Å². The van der Waals surface area contributed by atoms with Gasteiger partial charge in [0, 0.05) is 11.3 Å². The molecule has 23 heavy (non-hydrogen) atoms. The zero-order chi connectivity index (χ0) is 16.4. The van der Waals surface area contributed by atoms with Crippen LogP contribution in [-0.2, 0) is 10.5 Å². The summed E-state index contributed by atoms with van der Waals surface area (Å²) in [4.78, 5) is 16.5. The Balaban J connectivity index is 1.56. The van der Waals surface area contributed by atoms with Gasteiger partial charge in [0.2, 0.25) is 5.91 Å². The molecule has 2 heterocycles. The second kappa shape index (κ2) is 6.72. The number of thioether (sulfide) groups is 1. The summed E-state index contributed by atoms with van der Waals surface area (Å²) in [6.07, 6.45) is 0. The average Bonchev–Trinajstić information content (AvgIpc) is 3.03. The molecule has 3 rings (SSSR count). The van der Waals surface area contributed by atoms with E-state index in [1.54, 1.807) is 11.8 Å². The summed E-state index contributed by atoms with van der Waals surface area (Å²) < 4.78 is 6.21. The molecule has 120 valence electrons. The van der Waals surface area contributed by atoms with Crippen LogP contribution in [0.3, 0.4) is 0 Å². The molecule has 0 aliphatic heterocycles. The van der Waals surface area contributed by atoms with Gasteiger partial charge in [-0.25, -0.2) is 4.98 Å². The first kappa shape index (κ1) is 16.0. The molecule has 1 N–H and O–H groups in total. The van der Waals surface area contributed by atoms with E-state index in [0.717, 1.165) is 27.2 Å². The van der Waals surface area contributed by atoms with E-state index in [-0.39, 0.29) is 5.91 Å². The Kier molecular flexibility index (Phi) is 4.68. The third-order valence-electron chi connectivity index (χ3n) is 3.45. The maximum absolute atomic E-state index is 12.1. The predicted octanol–water partition coefficient (Wildman–Crippen LogP) is 4.08. The molecule has 0 bridgehead atoms. The molecule has 5 nitrogen and oxygen atoms in total. The summed E-state index contributed by atoms with van der Waals surface area (Å²) in [6.45, 7) is 5.84. The average molecular weight is 347 g/mol. The predicted molar refractivity (Wildman–Crippen MR) is 95.1 cm³/mol. The molecule has 1 amide bonds. The molecule has 0 saturated carbocycles. The molecule has 1 aromatic carbocycles. The molecule has 3 aromatic rings. The van der Waals surface area contributed by atoms with Crippen molar-refractivity contribution >= 4 is 44.4 Å². The summed E-state index contributed by atoms with van der Waals surface area (Å²) in [5.74, 6) is 1.86. The van der Waals surface area contributed by atoms with Gasteiger partial charge in [0.1, 0.15) is 5.76 Å². The SMILES string of the molecule is Cc1ccc2nc(NC(=O)CSCc3c(C)noc3C)sc2c1. The van der Waals surface area contributed by atoms with Gasteiger partial charge in [-0.2, -0.15) is 0 Å². The maximum Gasteiger partial charge on any atom is 0.236 e. The molecule has 0 unspecified atom stereocenters. The van der Waals surface area contributed by atoms with Crippen LogP contribution in [0.2, 0.25) is 0 Å². The van der Waals surface area contributed by atoms with Crippen molar-refractivity contribution in [2.45, 2.75) is 26.5 Å². The minimum atomic E-state index is -0.0439. The lowest BCUT2D eigenvalue weighted by Crippen LogP contribution is -2.13. The number of anilines is 1. The van der Waals surface area contributed by atoms with Gasteiger partial charge < -0.3 is 9.84 Å². The summed E-state index contributed by atoms with van der Waals surface area (Å²) >= 11 is 3.04. The van der Waals surface area contributed by atoms with E-state index in [9.17, 15) is 4.79 Å². The highest BCUT2D eigenvalue weighted by Crippen LogP contribution is 2.27. The summed E-state index contributed by atoms with van der Waals surface area (Å²) in [5.41, 5.74) is 4.06. The quantitative estimate of drug-likeness (QED) is 0.753. The van der Waals surface area contributed by atoms with Crippen LogP contribution in [0.1, 0.15) is 22.6 Å². The van der Waals surface area contributed by atoms with E-state index in [0.29, 0.717) is 16.6 Å². The van der Waals surface area contributed by atoms with E-state index in [1.807, 2.05) is 32.9 Å². The van der Waals surface area contributed by atoms with E-state index in [2.05, 4.69) is 21.5 Å². The first-order chi connectivity index (χ1) is 11.0. The minimum absolute atomic E-state index is 0.0439. The number of carbonyl (C=O) groups is 1. The van der Waals surface area contributed by atoms with Crippen LogP contribution < -0.4 is 5.32 Å². The maximum atomic E-state index is 12.1. The molecule has 0 atom stereocenters. The van der Waals surface area contributed by atoms with Crippen molar-refractivity contribution in [2.75, 3.05) is 11.1 Å². The monoisotopic (exact) mass is 347 g/mol. The van der Waals surface area contributed by atoms with E-state index >= 15 is 0 Å². The first-order valence-corrected chi connectivity index (χ1v) is 9.16. The smallest absolute Gasteiger partial charge is 0.236 e. The molecular formula is C16H17N3O2S2. The molecule has 0 saturated heterocycles. The van der Waals surface area contributed by atoms with Crippen LogP contribution in [0.15, 0.2) is 22.7 Å². The Labute approximate surface area is 142 Å². The number of thiazole rings is 1. The molecule has 0 aliphatic rings. The fourth-order valence-electron chi connectivity index (χ4n) is 2.19. The van der Waals surface area contributed by atoms with Gasteiger partial charge in [-0.05, 0) is 38.5 Å². The van der Waals surface area contributed by atoms with Gasteiger partial charge in [-0.1, -0.05) is 22.6 Å². The number of hydrogen-bond acceptors (Lipinski definition) is 6. The second-order valence-electron chi connectivity index (χ2n) is 5.33. The van der Waals surface area contributed by atoms with Crippen LogP contribution in [0.25, 0.3) is 10.2 Å². The summed E-state index contributed by atoms with van der Waals surface area (Å²) in [7, 11) is 0. The van der Waals surface area contributed by atoms with Crippen molar-refractivity contribution < 1.29 is 9.32 Å². The van der Waals surface area contributed by atoms with Crippen molar-refractivity contribution in [1.82, 2.24) is 10.1 Å². The topological polar surface area (TPSA) is 68.0 Å². The Morgan fingerprint density at radius 3 is 2.91 bits per heavy atom. The number of rotatable bonds is 5. The van der Waals surface area contributed by atoms with Crippen LogP contribution in [0.4, 0.5) is 5.13 Å². The van der Waals surface area contributed by atoms with Crippen molar-refractivity contribution in [1.29, 1.82) is 0 Å². The lowest BCUT2D eigenvalue weighted by Gasteiger charge is -2.02. The van der Waals surface area contributed by atoms with Crippen molar-refractivity contribution in [3.63, 3.8) is 0 Å². The van der Waals surface area contributed by atoms with E-state index < -0.39 is 0 Å². The lowest BCUT2D eigenvalue weighted by molar-refractivity contribution is -0.113. The van der Waals surface area contributed by atoms with Crippen molar-refractivity contribution in [3.05, 3.63) is 40.8 Å². The number of nitrogens with zero attached hydrogens (tertiary/aromatic N) is 2. The third kappa shape index (κ3) is 3.73. The number of amides is 1. The molecule has 0 aliphatic carbocycles. The number of aryl methyl sites for hydroxylation is 3. The van der Waals surface area contributed by atoms with Crippen LogP contribution in [0.5, 0.6) is 0 Å². The number of nitrogens with one attached hydrogen (secondary N) is 1. The molecular weight excluding hydrogens is 330 g/mol. The minimum Gasteiger partial charge on any atom is -0.361 e. The van der Waals surface area contributed by atoms with Crippen LogP contribution in [-0.4, -0.2) is 21.8 Å². The fourth-order valence-corrected chi connectivity index (χ4v) is 4.15. The highest BCUT2D eigenvalue weighted by Gasteiger charge is 2.11. The Bertz CT molecular complexity index is 835. The Hall–Kier alpha value is -1.86. The highest BCUT2D eigenvalue weighted by molar-refractivity contribution is 7.99. The largest absolute Gasteiger partial charge is 0.361 e. The number of aromatic nitrogens is 2. The van der Waals surface area contributed by atoms with Crippen molar-refractivity contribution in [3.8, 4) is 0 Å². The van der Waals surface area contributed by atoms with Gasteiger partial charge in [0.25, 0.3) is 0 Å². The van der Waals surface area contributed by atoms with Crippen LogP contribution >= 0.6 is 23.1 Å². The number of fused-ring (bicyclic) bond motifs is 1. The molecule has 0 radical (unpaired) electrons. The Morgan fingerprint density at radius 2 is 2.17 bits per heavy atom. The summed E-state index contributed by atoms with van der Waals surface area (Å²) in [5, 5.41) is 7.43. The van der Waals surface area contributed by atoms with Gasteiger partial charge >= 0.3 is 0 Å². The summed E-state index contributed by atoms with van der Waals surface area (Å²) in [6, 6.07) is 6.07. The molecule has 0 spiro atoms. The van der Waals surface area contributed by atoms with Gasteiger partial charge in [0.15, 0.2) is 5.13 Å². The normalized spacial score (nSPS) is 11.1. The van der Waals surface area contributed by atoms with Crippen LogP contribution in [0, 0.1) is 20.8 Å². The molecule has 2 aromatic heterocycles. The first-order valence-electron chi connectivity index (χ1n) is 7.19. The second-order valence-corrected chi connectivity index (χ2v) is 7.35. The van der Waals surface area contributed by atoms with Crippen molar-refractivity contribution in [2.24, 2.45) is 0 Å². The fraction of sp³-hybridized carbons (Fsp3) is 0.312. The van der Waals surface area contributed by atoms with E-state index in [4.69, 9.17) is 4.52 Å². The standard InChI is InChI=1S/C16H17N3O2S2/c1-9-4-5-13-14(6-9)23-16(17-13)18-15(20)8-22-7-12-10(2)19-21-11(12)3/h4-6H,7-8H2,1-3H3,(H,17,18,20).